The number of benzene rings is 3. The molecular weight excluding hydrogens is 524 g/mol. The minimum absolute atomic E-state index is 0.372. The van der Waals surface area contributed by atoms with Crippen LogP contribution in [0.25, 0.3) is 33.0 Å². The van der Waals surface area contributed by atoms with Crippen molar-refractivity contribution in [1.82, 2.24) is 19.8 Å². The van der Waals surface area contributed by atoms with Crippen LogP contribution in [0.2, 0.25) is 0 Å². The molecule has 0 aliphatic carbocycles. The van der Waals surface area contributed by atoms with E-state index >= 15 is 0 Å². The first-order valence-corrected chi connectivity index (χ1v) is 14.8. The molecule has 0 unspecified atom stereocenters. The van der Waals surface area contributed by atoms with Crippen molar-refractivity contribution in [3.05, 3.63) is 102 Å². The fraction of sp³-hybridized carbons (Fsp3) is 0.257. The molecule has 7 nitrogen and oxygen atoms in total. The van der Waals surface area contributed by atoms with Crippen LogP contribution in [0.4, 0.5) is 0 Å². The number of ether oxygens (including phenoxy) is 1. The van der Waals surface area contributed by atoms with E-state index in [2.05, 4.69) is 31.9 Å². The maximum atomic E-state index is 13.4. The maximum Gasteiger partial charge on any atom is 0.259 e. The quantitative estimate of drug-likeness (QED) is 0.213. The summed E-state index contributed by atoms with van der Waals surface area (Å²) in [6.07, 6.45) is 8.70. The van der Waals surface area contributed by atoms with Gasteiger partial charge in [-0.15, -0.1) is 0 Å². The molecular formula is C35H34N4O3. The Kier molecular flexibility index (Phi) is 7.10. The summed E-state index contributed by atoms with van der Waals surface area (Å²) >= 11 is 0. The molecule has 212 valence electrons. The summed E-state index contributed by atoms with van der Waals surface area (Å²) in [5.41, 5.74) is 5.24. The van der Waals surface area contributed by atoms with E-state index in [1.807, 2.05) is 73.1 Å². The van der Waals surface area contributed by atoms with Crippen molar-refractivity contribution in [2.24, 2.45) is 0 Å². The van der Waals surface area contributed by atoms with E-state index in [-0.39, 0.29) is 11.8 Å². The first-order valence-electron chi connectivity index (χ1n) is 14.8. The first-order chi connectivity index (χ1) is 20.7. The molecule has 0 saturated carbocycles. The van der Waals surface area contributed by atoms with Crippen LogP contribution >= 0.6 is 0 Å². The summed E-state index contributed by atoms with van der Waals surface area (Å²) < 4.78 is 8.62. The second kappa shape index (κ2) is 11.3. The molecule has 0 radical (unpaired) electrons. The van der Waals surface area contributed by atoms with Gasteiger partial charge in [0.2, 0.25) is 0 Å². The molecule has 0 bridgehead atoms. The third-order valence-corrected chi connectivity index (χ3v) is 8.48. The molecule has 0 spiro atoms. The number of amides is 2. The molecule has 1 fully saturated rings. The SMILES string of the molecule is O=C1NC(=O)C(c2cn(CCCN3CCCCC3)c3c(OCc4ccccc4)cccc23)=C1c1c[nH]c2ccccc12. The fourth-order valence-corrected chi connectivity index (χ4v) is 6.45. The second-order valence-electron chi connectivity index (χ2n) is 11.2. The van der Waals surface area contributed by atoms with Gasteiger partial charge in [0, 0.05) is 46.4 Å². The summed E-state index contributed by atoms with van der Waals surface area (Å²) in [4.78, 5) is 32.5. The van der Waals surface area contributed by atoms with Crippen LogP contribution in [0.3, 0.4) is 0 Å². The predicted octanol–water partition coefficient (Wildman–Crippen LogP) is 6.14. The lowest BCUT2D eigenvalue weighted by Gasteiger charge is -2.26. The van der Waals surface area contributed by atoms with E-state index in [9.17, 15) is 9.59 Å². The lowest BCUT2D eigenvalue weighted by molar-refractivity contribution is -0.122. The number of rotatable bonds is 9. The maximum absolute atomic E-state index is 13.4. The van der Waals surface area contributed by atoms with Crippen LogP contribution in [-0.2, 0) is 22.7 Å². The topological polar surface area (TPSA) is 79.4 Å². The molecule has 7 heteroatoms. The van der Waals surface area contributed by atoms with Crippen molar-refractivity contribution in [3.63, 3.8) is 0 Å². The number of fused-ring (bicyclic) bond motifs is 2. The van der Waals surface area contributed by atoms with Crippen molar-refractivity contribution < 1.29 is 14.3 Å². The highest BCUT2D eigenvalue weighted by atomic mass is 16.5. The number of aryl methyl sites for hydroxylation is 1. The van der Waals surface area contributed by atoms with Gasteiger partial charge in [0.25, 0.3) is 11.8 Å². The number of nitrogens with zero attached hydrogens (tertiary/aromatic N) is 2. The standard InChI is InChI=1S/C35H34N4O3/c40-34-31(27-21-36-29-15-6-5-13-25(27)29)32(35(41)37-34)28-22-39(20-10-19-38-17-7-2-8-18-38)33-26(28)14-9-16-30(33)42-23-24-11-3-1-4-12-24/h1,3-6,9,11-16,21-22,36H,2,7-8,10,17-20,23H2,(H,37,40,41). The molecule has 5 aromatic rings. The summed E-state index contributed by atoms with van der Waals surface area (Å²) in [5, 5.41) is 4.38. The van der Waals surface area contributed by atoms with E-state index < -0.39 is 0 Å². The first kappa shape index (κ1) is 26.3. The predicted molar refractivity (Wildman–Crippen MR) is 166 cm³/mol. The number of H-pyrrole nitrogens is 1. The Bertz CT molecular complexity index is 1810. The van der Waals surface area contributed by atoms with Crippen LogP contribution in [0.15, 0.2) is 85.2 Å². The van der Waals surface area contributed by atoms with Gasteiger partial charge in [-0.05, 0) is 56.6 Å². The lowest BCUT2D eigenvalue weighted by atomic mass is 9.95. The molecule has 3 aromatic carbocycles. The number of carbonyl (C=O) groups is 2. The molecule has 42 heavy (non-hydrogen) atoms. The molecule has 1 saturated heterocycles. The van der Waals surface area contributed by atoms with E-state index in [4.69, 9.17) is 4.74 Å². The van der Waals surface area contributed by atoms with Crippen molar-refractivity contribution in [2.75, 3.05) is 19.6 Å². The van der Waals surface area contributed by atoms with Crippen molar-refractivity contribution in [2.45, 2.75) is 38.8 Å². The molecule has 0 atom stereocenters. The van der Waals surface area contributed by atoms with Crippen LogP contribution in [0, 0.1) is 0 Å². The number of aromatic amines is 1. The number of nitrogens with one attached hydrogen (secondary N) is 2. The highest BCUT2D eigenvalue weighted by Crippen LogP contribution is 2.40. The van der Waals surface area contributed by atoms with Crippen LogP contribution < -0.4 is 10.1 Å². The Morgan fingerprint density at radius 3 is 2.31 bits per heavy atom. The zero-order valence-corrected chi connectivity index (χ0v) is 23.6. The minimum atomic E-state index is -0.373. The van der Waals surface area contributed by atoms with Gasteiger partial charge in [-0.2, -0.15) is 0 Å². The van der Waals surface area contributed by atoms with Crippen molar-refractivity contribution in [3.8, 4) is 5.75 Å². The number of para-hydroxylation sites is 2. The normalized spacial score (nSPS) is 16.1. The van der Waals surface area contributed by atoms with E-state index in [0.717, 1.165) is 76.8 Å². The van der Waals surface area contributed by atoms with Crippen molar-refractivity contribution >= 4 is 44.8 Å². The van der Waals surface area contributed by atoms with Crippen LogP contribution in [0.5, 0.6) is 5.75 Å². The smallest absolute Gasteiger partial charge is 0.259 e. The monoisotopic (exact) mass is 558 g/mol. The highest BCUT2D eigenvalue weighted by molar-refractivity contribution is 6.50. The molecule has 2 N–H and O–H groups in total. The van der Waals surface area contributed by atoms with Crippen LogP contribution in [0.1, 0.15) is 42.4 Å². The lowest BCUT2D eigenvalue weighted by Crippen LogP contribution is -2.31. The number of likely N-dealkylation sites (tertiary alicyclic amines) is 1. The van der Waals surface area contributed by atoms with Gasteiger partial charge in [0.1, 0.15) is 12.4 Å². The molecule has 4 heterocycles. The van der Waals surface area contributed by atoms with E-state index in [0.29, 0.717) is 17.8 Å². The zero-order valence-electron chi connectivity index (χ0n) is 23.6. The van der Waals surface area contributed by atoms with Gasteiger partial charge in [-0.25, -0.2) is 0 Å². The van der Waals surface area contributed by atoms with Gasteiger partial charge in [-0.1, -0.05) is 67.1 Å². The Labute approximate surface area is 244 Å². The molecule has 2 aromatic heterocycles. The number of imide groups is 1. The van der Waals surface area contributed by atoms with Gasteiger partial charge < -0.3 is 19.2 Å². The van der Waals surface area contributed by atoms with Gasteiger partial charge in [0.15, 0.2) is 0 Å². The number of aromatic nitrogens is 2. The number of hydrogen-bond donors (Lipinski definition) is 2. The average molecular weight is 559 g/mol. The van der Waals surface area contributed by atoms with Gasteiger partial charge >= 0.3 is 0 Å². The van der Waals surface area contributed by atoms with E-state index in [1.54, 1.807) is 0 Å². The molecule has 2 amide bonds. The van der Waals surface area contributed by atoms with Gasteiger partial charge in [-0.3, -0.25) is 14.9 Å². The van der Waals surface area contributed by atoms with Gasteiger partial charge in [0.05, 0.1) is 16.7 Å². The molecule has 2 aliphatic heterocycles. The largest absolute Gasteiger partial charge is 0.487 e. The fourth-order valence-electron chi connectivity index (χ4n) is 6.45. The summed E-state index contributed by atoms with van der Waals surface area (Å²) in [7, 11) is 0. The number of hydrogen-bond acceptors (Lipinski definition) is 4. The average Bonchev–Trinajstić information content (AvgIpc) is 3.69. The zero-order chi connectivity index (χ0) is 28.5. The minimum Gasteiger partial charge on any atom is -0.487 e. The number of carbonyl (C=O) groups excluding carboxylic acids is 2. The molecule has 7 rings (SSSR count). The molecule has 2 aliphatic rings. The third kappa shape index (κ3) is 4.90. The Hall–Kier alpha value is -4.62. The Balaban J connectivity index is 1.33. The summed E-state index contributed by atoms with van der Waals surface area (Å²) in [6, 6.07) is 23.9. The van der Waals surface area contributed by atoms with E-state index in [1.165, 1.54) is 19.3 Å². The summed E-state index contributed by atoms with van der Waals surface area (Å²) in [5.74, 6) is 0.0186. The summed E-state index contributed by atoms with van der Waals surface area (Å²) in [6.45, 7) is 4.57. The van der Waals surface area contributed by atoms with Crippen molar-refractivity contribution in [1.29, 1.82) is 0 Å². The second-order valence-corrected chi connectivity index (χ2v) is 11.2. The Morgan fingerprint density at radius 2 is 1.48 bits per heavy atom. The Morgan fingerprint density at radius 1 is 0.738 bits per heavy atom. The van der Waals surface area contributed by atoms with Crippen LogP contribution in [-0.4, -0.2) is 45.9 Å². The number of piperidine rings is 1. The third-order valence-electron chi connectivity index (χ3n) is 8.48. The highest BCUT2D eigenvalue weighted by Gasteiger charge is 2.35.